The van der Waals surface area contributed by atoms with Gasteiger partial charge in [0.1, 0.15) is 11.6 Å². The molecule has 0 aliphatic heterocycles. The standard InChI is InChI=1S/C16H21F2N/c1-12(14-9-15(17)11-16(18)10-14)19-8-7-13-5-3-2-4-6-13/h5,9-12,19H,2-4,6-8H2,1H3. The van der Waals surface area contributed by atoms with Crippen molar-refractivity contribution in [1.82, 2.24) is 5.32 Å². The summed E-state index contributed by atoms with van der Waals surface area (Å²) in [7, 11) is 0. The highest BCUT2D eigenvalue weighted by atomic mass is 19.1. The fourth-order valence-corrected chi connectivity index (χ4v) is 2.52. The van der Waals surface area contributed by atoms with Crippen LogP contribution in [0.5, 0.6) is 0 Å². The molecule has 0 heterocycles. The van der Waals surface area contributed by atoms with E-state index in [1.807, 2.05) is 6.92 Å². The van der Waals surface area contributed by atoms with E-state index >= 15 is 0 Å². The zero-order valence-corrected chi connectivity index (χ0v) is 11.4. The van der Waals surface area contributed by atoms with Crippen LogP contribution in [0.25, 0.3) is 0 Å². The molecule has 0 bridgehead atoms. The third kappa shape index (κ3) is 4.43. The summed E-state index contributed by atoms with van der Waals surface area (Å²) in [6.45, 7) is 2.79. The van der Waals surface area contributed by atoms with E-state index in [1.54, 1.807) is 0 Å². The maximum absolute atomic E-state index is 13.1. The summed E-state index contributed by atoms with van der Waals surface area (Å²) in [4.78, 5) is 0. The third-order valence-corrected chi connectivity index (χ3v) is 3.67. The van der Waals surface area contributed by atoms with E-state index in [1.165, 1.54) is 43.4 Å². The topological polar surface area (TPSA) is 12.0 Å². The quantitative estimate of drug-likeness (QED) is 0.773. The van der Waals surface area contributed by atoms with E-state index in [-0.39, 0.29) is 6.04 Å². The number of allylic oxidation sites excluding steroid dienone is 1. The predicted octanol–water partition coefficient (Wildman–Crippen LogP) is 4.51. The lowest BCUT2D eigenvalue weighted by molar-refractivity contribution is 0.541. The Morgan fingerprint density at radius 2 is 1.89 bits per heavy atom. The molecule has 1 aromatic rings. The lowest BCUT2D eigenvalue weighted by atomic mass is 9.97. The van der Waals surface area contributed by atoms with Gasteiger partial charge in [-0.1, -0.05) is 11.6 Å². The molecule has 0 saturated heterocycles. The molecule has 1 unspecified atom stereocenters. The molecule has 1 atom stereocenters. The van der Waals surface area contributed by atoms with Crippen LogP contribution >= 0.6 is 0 Å². The van der Waals surface area contributed by atoms with Crippen molar-refractivity contribution < 1.29 is 8.78 Å². The maximum Gasteiger partial charge on any atom is 0.126 e. The van der Waals surface area contributed by atoms with Crippen molar-refractivity contribution in [3.05, 3.63) is 47.0 Å². The molecular weight excluding hydrogens is 244 g/mol. The lowest BCUT2D eigenvalue weighted by Gasteiger charge is -2.17. The Labute approximate surface area is 113 Å². The van der Waals surface area contributed by atoms with Crippen molar-refractivity contribution in [3.63, 3.8) is 0 Å². The van der Waals surface area contributed by atoms with Crippen LogP contribution < -0.4 is 5.32 Å². The third-order valence-electron chi connectivity index (χ3n) is 3.67. The van der Waals surface area contributed by atoms with Gasteiger partial charge in [0.25, 0.3) is 0 Å². The van der Waals surface area contributed by atoms with Gasteiger partial charge < -0.3 is 5.32 Å². The minimum atomic E-state index is -0.515. The maximum atomic E-state index is 13.1. The SMILES string of the molecule is CC(NCCC1=CCCCC1)c1cc(F)cc(F)c1. The average Bonchev–Trinajstić information content (AvgIpc) is 2.38. The highest BCUT2D eigenvalue weighted by molar-refractivity contribution is 5.21. The van der Waals surface area contributed by atoms with Crippen LogP contribution in [0.3, 0.4) is 0 Å². The van der Waals surface area contributed by atoms with Crippen LogP contribution in [0, 0.1) is 11.6 Å². The fraction of sp³-hybridized carbons (Fsp3) is 0.500. The van der Waals surface area contributed by atoms with E-state index in [2.05, 4.69) is 11.4 Å². The van der Waals surface area contributed by atoms with Gasteiger partial charge in [0.05, 0.1) is 0 Å². The first kappa shape index (κ1) is 14.2. The number of nitrogens with one attached hydrogen (secondary N) is 1. The molecule has 104 valence electrons. The van der Waals surface area contributed by atoms with Crippen LogP contribution in [0.1, 0.15) is 50.6 Å². The molecule has 0 radical (unpaired) electrons. The minimum absolute atomic E-state index is 0.0330. The van der Waals surface area contributed by atoms with Gasteiger partial charge in [-0.2, -0.15) is 0 Å². The molecule has 0 fully saturated rings. The van der Waals surface area contributed by atoms with Gasteiger partial charge in [0, 0.05) is 12.1 Å². The summed E-state index contributed by atoms with van der Waals surface area (Å²) in [6, 6.07) is 3.65. The molecule has 1 nitrogen and oxygen atoms in total. The van der Waals surface area contributed by atoms with Crippen LogP contribution in [-0.2, 0) is 0 Å². The molecule has 0 spiro atoms. The summed E-state index contributed by atoms with van der Waals surface area (Å²) >= 11 is 0. The highest BCUT2D eigenvalue weighted by Gasteiger charge is 2.09. The second-order valence-corrected chi connectivity index (χ2v) is 5.24. The first-order valence-electron chi connectivity index (χ1n) is 7.02. The lowest BCUT2D eigenvalue weighted by Crippen LogP contribution is -2.20. The van der Waals surface area contributed by atoms with Crippen molar-refractivity contribution in [1.29, 1.82) is 0 Å². The normalized spacial score (nSPS) is 17.1. The average molecular weight is 265 g/mol. The summed E-state index contributed by atoms with van der Waals surface area (Å²) in [6.07, 6.45) is 8.34. The molecule has 0 aromatic heterocycles. The van der Waals surface area contributed by atoms with E-state index in [0.29, 0.717) is 5.56 Å². The first-order valence-corrected chi connectivity index (χ1v) is 7.02. The van der Waals surface area contributed by atoms with E-state index in [4.69, 9.17) is 0 Å². The fourth-order valence-electron chi connectivity index (χ4n) is 2.52. The van der Waals surface area contributed by atoms with Crippen LogP contribution in [0.2, 0.25) is 0 Å². The molecule has 0 amide bonds. The van der Waals surface area contributed by atoms with E-state index < -0.39 is 11.6 Å². The largest absolute Gasteiger partial charge is 0.310 e. The Balaban J connectivity index is 1.83. The van der Waals surface area contributed by atoms with Gasteiger partial charge in [-0.05, 0) is 63.3 Å². The summed E-state index contributed by atoms with van der Waals surface area (Å²) in [5, 5.41) is 3.33. The van der Waals surface area contributed by atoms with E-state index in [9.17, 15) is 8.78 Å². The van der Waals surface area contributed by atoms with Crippen LogP contribution in [-0.4, -0.2) is 6.54 Å². The van der Waals surface area contributed by atoms with Gasteiger partial charge in [0.15, 0.2) is 0 Å². The smallest absolute Gasteiger partial charge is 0.126 e. The summed E-state index contributed by atoms with van der Waals surface area (Å²) in [5.74, 6) is -1.03. The Bertz CT molecular complexity index is 434. The number of hydrogen-bond donors (Lipinski definition) is 1. The van der Waals surface area contributed by atoms with Crippen molar-refractivity contribution in [2.75, 3.05) is 6.54 Å². The van der Waals surface area contributed by atoms with Gasteiger partial charge in [0.2, 0.25) is 0 Å². The number of halogens is 2. The van der Waals surface area contributed by atoms with Crippen LogP contribution in [0.4, 0.5) is 8.78 Å². The van der Waals surface area contributed by atoms with Crippen molar-refractivity contribution >= 4 is 0 Å². The summed E-state index contributed by atoms with van der Waals surface area (Å²) in [5.41, 5.74) is 2.17. The van der Waals surface area contributed by atoms with Gasteiger partial charge in [-0.3, -0.25) is 0 Å². The van der Waals surface area contributed by atoms with Crippen molar-refractivity contribution in [2.24, 2.45) is 0 Å². The monoisotopic (exact) mass is 265 g/mol. The number of hydrogen-bond acceptors (Lipinski definition) is 1. The molecule has 1 N–H and O–H groups in total. The van der Waals surface area contributed by atoms with Gasteiger partial charge in [-0.25, -0.2) is 8.78 Å². The number of rotatable bonds is 5. The predicted molar refractivity (Wildman–Crippen MR) is 73.9 cm³/mol. The van der Waals surface area contributed by atoms with Gasteiger partial charge in [-0.15, -0.1) is 0 Å². The second-order valence-electron chi connectivity index (χ2n) is 5.24. The first-order chi connectivity index (χ1) is 9.15. The molecule has 1 aromatic carbocycles. The Hall–Kier alpha value is -1.22. The zero-order chi connectivity index (χ0) is 13.7. The molecule has 3 heteroatoms. The van der Waals surface area contributed by atoms with Gasteiger partial charge >= 0.3 is 0 Å². The zero-order valence-electron chi connectivity index (χ0n) is 11.4. The second kappa shape index (κ2) is 6.80. The minimum Gasteiger partial charge on any atom is -0.310 e. The highest BCUT2D eigenvalue weighted by Crippen LogP contribution is 2.20. The molecule has 1 aliphatic carbocycles. The van der Waals surface area contributed by atoms with Crippen molar-refractivity contribution in [3.8, 4) is 0 Å². The Morgan fingerprint density at radius 1 is 1.16 bits per heavy atom. The Kier molecular flexibility index (Phi) is 5.08. The molecule has 19 heavy (non-hydrogen) atoms. The summed E-state index contributed by atoms with van der Waals surface area (Å²) < 4.78 is 26.2. The van der Waals surface area contributed by atoms with Crippen LogP contribution in [0.15, 0.2) is 29.8 Å². The Morgan fingerprint density at radius 3 is 2.53 bits per heavy atom. The van der Waals surface area contributed by atoms with E-state index in [0.717, 1.165) is 19.0 Å². The number of benzene rings is 1. The molecule has 1 aliphatic rings. The molecule has 0 saturated carbocycles. The molecular formula is C16H21F2N. The molecule has 2 rings (SSSR count). The van der Waals surface area contributed by atoms with Crippen molar-refractivity contribution in [2.45, 2.75) is 45.1 Å².